The van der Waals surface area contributed by atoms with Crippen molar-refractivity contribution in [1.29, 1.82) is 0 Å². The lowest BCUT2D eigenvalue weighted by atomic mass is 10.1. The summed E-state index contributed by atoms with van der Waals surface area (Å²) in [7, 11) is 0. The van der Waals surface area contributed by atoms with Crippen molar-refractivity contribution in [2.24, 2.45) is 0 Å². The summed E-state index contributed by atoms with van der Waals surface area (Å²) in [4.78, 5) is 11.0. The van der Waals surface area contributed by atoms with Gasteiger partial charge in [0, 0.05) is 25.0 Å². The molecule has 1 fully saturated rings. The van der Waals surface area contributed by atoms with Crippen molar-refractivity contribution in [1.82, 2.24) is 10.6 Å². The molecule has 3 nitrogen and oxygen atoms in total. The molecule has 2 atom stereocenters. The molecule has 1 aromatic rings. The second-order valence-corrected chi connectivity index (χ2v) is 4.94. The van der Waals surface area contributed by atoms with Crippen molar-refractivity contribution in [2.75, 3.05) is 6.54 Å². The Bertz CT molecular complexity index is 405. The number of hydrogen-bond donors (Lipinski definition) is 2. The Morgan fingerprint density at radius 2 is 2.17 bits per heavy atom. The van der Waals surface area contributed by atoms with Gasteiger partial charge in [0.25, 0.3) is 0 Å². The van der Waals surface area contributed by atoms with Gasteiger partial charge in [-0.1, -0.05) is 12.1 Å². The van der Waals surface area contributed by atoms with Crippen LogP contribution in [0.25, 0.3) is 0 Å². The molecule has 1 aromatic carbocycles. The highest BCUT2D eigenvalue weighted by atomic mass is 19.1. The SMILES string of the molecule is CC(Cc1ccc(F)cc1)NCC1CCC(=O)N1. The largest absolute Gasteiger partial charge is 0.352 e. The van der Waals surface area contributed by atoms with E-state index in [1.54, 1.807) is 0 Å². The zero-order valence-corrected chi connectivity index (χ0v) is 10.6. The summed E-state index contributed by atoms with van der Waals surface area (Å²) in [6, 6.07) is 7.16. The first-order valence-corrected chi connectivity index (χ1v) is 6.40. The summed E-state index contributed by atoms with van der Waals surface area (Å²) in [6.07, 6.45) is 2.41. The molecule has 0 aromatic heterocycles. The average Bonchev–Trinajstić information content (AvgIpc) is 2.76. The quantitative estimate of drug-likeness (QED) is 0.834. The third kappa shape index (κ3) is 3.81. The van der Waals surface area contributed by atoms with E-state index in [0.29, 0.717) is 12.5 Å². The van der Waals surface area contributed by atoms with E-state index >= 15 is 0 Å². The van der Waals surface area contributed by atoms with Crippen LogP contribution in [0.2, 0.25) is 0 Å². The monoisotopic (exact) mass is 250 g/mol. The number of halogens is 1. The van der Waals surface area contributed by atoms with Crippen LogP contribution in [0, 0.1) is 5.82 Å². The molecular formula is C14H19FN2O. The molecule has 0 saturated carbocycles. The lowest BCUT2D eigenvalue weighted by molar-refractivity contribution is -0.119. The lowest BCUT2D eigenvalue weighted by Crippen LogP contribution is -2.40. The molecule has 2 N–H and O–H groups in total. The molecular weight excluding hydrogens is 231 g/mol. The van der Waals surface area contributed by atoms with E-state index in [1.165, 1.54) is 12.1 Å². The summed E-state index contributed by atoms with van der Waals surface area (Å²) in [5.41, 5.74) is 1.12. The summed E-state index contributed by atoms with van der Waals surface area (Å²) in [5, 5.41) is 6.33. The lowest BCUT2D eigenvalue weighted by Gasteiger charge is -2.17. The van der Waals surface area contributed by atoms with Crippen molar-refractivity contribution in [3.63, 3.8) is 0 Å². The maximum Gasteiger partial charge on any atom is 0.220 e. The van der Waals surface area contributed by atoms with E-state index in [2.05, 4.69) is 17.6 Å². The molecule has 2 rings (SSSR count). The van der Waals surface area contributed by atoms with Crippen LogP contribution in [-0.4, -0.2) is 24.5 Å². The summed E-state index contributed by atoms with van der Waals surface area (Å²) in [5.74, 6) is -0.0546. The van der Waals surface area contributed by atoms with Gasteiger partial charge < -0.3 is 10.6 Å². The molecule has 98 valence electrons. The van der Waals surface area contributed by atoms with Crippen molar-refractivity contribution >= 4 is 5.91 Å². The normalized spacial score (nSPS) is 20.8. The van der Waals surface area contributed by atoms with Crippen molar-refractivity contribution in [3.8, 4) is 0 Å². The summed E-state index contributed by atoms with van der Waals surface area (Å²) in [6.45, 7) is 2.90. The van der Waals surface area contributed by atoms with Gasteiger partial charge in [-0.15, -0.1) is 0 Å². The van der Waals surface area contributed by atoms with Crippen LogP contribution in [0.4, 0.5) is 4.39 Å². The van der Waals surface area contributed by atoms with Gasteiger partial charge in [-0.2, -0.15) is 0 Å². The number of carbonyl (C=O) groups is 1. The maximum atomic E-state index is 12.8. The molecule has 0 spiro atoms. The Balaban J connectivity index is 1.73. The van der Waals surface area contributed by atoms with Gasteiger partial charge in [-0.25, -0.2) is 4.39 Å². The smallest absolute Gasteiger partial charge is 0.220 e. The van der Waals surface area contributed by atoms with Crippen molar-refractivity contribution in [2.45, 2.75) is 38.3 Å². The average molecular weight is 250 g/mol. The zero-order chi connectivity index (χ0) is 13.0. The number of carbonyl (C=O) groups excluding carboxylic acids is 1. The molecule has 1 aliphatic heterocycles. The Labute approximate surface area is 107 Å². The molecule has 0 bridgehead atoms. The number of rotatable bonds is 5. The minimum Gasteiger partial charge on any atom is -0.352 e. The first kappa shape index (κ1) is 13.0. The molecule has 0 aliphatic carbocycles. The van der Waals surface area contributed by atoms with Gasteiger partial charge in [0.15, 0.2) is 0 Å². The van der Waals surface area contributed by atoms with E-state index < -0.39 is 0 Å². The maximum absolute atomic E-state index is 12.8. The van der Waals surface area contributed by atoms with Crippen LogP contribution in [0.1, 0.15) is 25.3 Å². The van der Waals surface area contributed by atoms with Gasteiger partial charge in [0.2, 0.25) is 5.91 Å². The number of benzene rings is 1. The van der Waals surface area contributed by atoms with Crippen LogP contribution >= 0.6 is 0 Å². The molecule has 4 heteroatoms. The highest BCUT2D eigenvalue weighted by Crippen LogP contribution is 2.08. The van der Waals surface area contributed by atoms with E-state index in [4.69, 9.17) is 0 Å². The van der Waals surface area contributed by atoms with Crippen LogP contribution in [0.3, 0.4) is 0 Å². The van der Waals surface area contributed by atoms with Crippen LogP contribution in [-0.2, 0) is 11.2 Å². The molecule has 1 aliphatic rings. The van der Waals surface area contributed by atoms with E-state index in [0.717, 1.165) is 24.9 Å². The second-order valence-electron chi connectivity index (χ2n) is 4.94. The molecule has 1 amide bonds. The fraction of sp³-hybridized carbons (Fsp3) is 0.500. The number of hydrogen-bond acceptors (Lipinski definition) is 2. The van der Waals surface area contributed by atoms with E-state index in [9.17, 15) is 9.18 Å². The van der Waals surface area contributed by atoms with Gasteiger partial charge in [0.1, 0.15) is 5.82 Å². The molecule has 18 heavy (non-hydrogen) atoms. The highest BCUT2D eigenvalue weighted by Gasteiger charge is 2.20. The van der Waals surface area contributed by atoms with Crippen molar-refractivity contribution < 1.29 is 9.18 Å². The van der Waals surface area contributed by atoms with Gasteiger partial charge >= 0.3 is 0 Å². The first-order chi connectivity index (χ1) is 8.63. The minimum atomic E-state index is -0.201. The first-order valence-electron chi connectivity index (χ1n) is 6.40. The van der Waals surface area contributed by atoms with Crippen LogP contribution in [0.5, 0.6) is 0 Å². The van der Waals surface area contributed by atoms with Gasteiger partial charge in [0.05, 0.1) is 0 Å². The van der Waals surface area contributed by atoms with Crippen LogP contribution in [0.15, 0.2) is 24.3 Å². The predicted molar refractivity (Wildman–Crippen MR) is 68.7 cm³/mol. The minimum absolute atomic E-state index is 0.146. The third-order valence-electron chi connectivity index (χ3n) is 3.25. The fourth-order valence-corrected chi connectivity index (χ4v) is 2.22. The fourth-order valence-electron chi connectivity index (χ4n) is 2.22. The molecule has 1 heterocycles. The summed E-state index contributed by atoms with van der Waals surface area (Å²) >= 11 is 0. The highest BCUT2D eigenvalue weighted by molar-refractivity contribution is 5.78. The number of amides is 1. The second kappa shape index (κ2) is 5.96. The Morgan fingerprint density at radius 1 is 1.44 bits per heavy atom. The van der Waals surface area contributed by atoms with Gasteiger partial charge in [-0.05, 0) is 37.5 Å². The standard InChI is InChI=1S/C14H19FN2O/c1-10(8-11-2-4-12(15)5-3-11)16-9-13-6-7-14(18)17-13/h2-5,10,13,16H,6-9H2,1H3,(H,17,18). The predicted octanol–water partition coefficient (Wildman–Crippen LogP) is 1.62. The van der Waals surface area contributed by atoms with E-state index in [-0.39, 0.29) is 17.8 Å². The van der Waals surface area contributed by atoms with E-state index in [1.807, 2.05) is 12.1 Å². The van der Waals surface area contributed by atoms with Crippen LogP contribution < -0.4 is 10.6 Å². The topological polar surface area (TPSA) is 41.1 Å². The third-order valence-corrected chi connectivity index (χ3v) is 3.25. The Kier molecular flexibility index (Phi) is 4.31. The number of nitrogens with one attached hydrogen (secondary N) is 2. The van der Waals surface area contributed by atoms with Crippen molar-refractivity contribution in [3.05, 3.63) is 35.6 Å². The molecule has 2 unspecified atom stereocenters. The summed E-state index contributed by atoms with van der Waals surface area (Å²) < 4.78 is 12.8. The zero-order valence-electron chi connectivity index (χ0n) is 10.6. The Hall–Kier alpha value is -1.42. The Morgan fingerprint density at radius 3 is 2.78 bits per heavy atom. The molecule has 1 saturated heterocycles. The molecule has 0 radical (unpaired) electrons. The van der Waals surface area contributed by atoms with Gasteiger partial charge in [-0.3, -0.25) is 4.79 Å².